The van der Waals surface area contributed by atoms with Gasteiger partial charge in [-0.3, -0.25) is 4.79 Å². The zero-order valence-corrected chi connectivity index (χ0v) is 16.5. The lowest BCUT2D eigenvalue weighted by Gasteiger charge is -2.26. The molecule has 8 heteroatoms. The minimum atomic E-state index is -3.72. The summed E-state index contributed by atoms with van der Waals surface area (Å²) in [6.45, 7) is 1.59. The van der Waals surface area contributed by atoms with Crippen molar-refractivity contribution in [2.24, 2.45) is 0 Å². The van der Waals surface area contributed by atoms with Gasteiger partial charge in [-0.15, -0.1) is 0 Å². The number of rotatable bonds is 7. The van der Waals surface area contributed by atoms with Gasteiger partial charge in [0, 0.05) is 11.8 Å². The van der Waals surface area contributed by atoms with Crippen molar-refractivity contribution < 1.29 is 17.7 Å². The molecule has 1 aromatic heterocycles. The second-order valence-electron chi connectivity index (χ2n) is 6.37. The number of benzene rings is 2. The van der Waals surface area contributed by atoms with Crippen molar-refractivity contribution in [3.63, 3.8) is 0 Å². The summed E-state index contributed by atoms with van der Waals surface area (Å²) < 4.78 is 30.5. The van der Waals surface area contributed by atoms with E-state index in [0.717, 1.165) is 16.1 Å². The van der Waals surface area contributed by atoms with Crippen LogP contribution in [0.3, 0.4) is 0 Å². The molecule has 0 aliphatic carbocycles. The molecule has 0 radical (unpaired) electrons. The van der Waals surface area contributed by atoms with Crippen LogP contribution in [0.15, 0.2) is 71.3 Å². The SMILES string of the molecule is Cc1cc(N(CC(=O)N(Cc2ccccc2)c2ccccc2)S(C)(=O)=O)no1. The van der Waals surface area contributed by atoms with E-state index >= 15 is 0 Å². The van der Waals surface area contributed by atoms with Crippen molar-refractivity contribution in [1.29, 1.82) is 0 Å². The van der Waals surface area contributed by atoms with E-state index in [0.29, 0.717) is 18.0 Å². The average molecular weight is 399 g/mol. The molecule has 0 aliphatic rings. The molecular weight excluding hydrogens is 378 g/mol. The lowest BCUT2D eigenvalue weighted by Crippen LogP contribution is -2.42. The lowest BCUT2D eigenvalue weighted by molar-refractivity contribution is -0.117. The Kier molecular flexibility index (Phi) is 5.79. The van der Waals surface area contributed by atoms with Crippen LogP contribution in [-0.2, 0) is 21.4 Å². The van der Waals surface area contributed by atoms with Gasteiger partial charge in [-0.05, 0) is 24.6 Å². The van der Waals surface area contributed by atoms with E-state index in [4.69, 9.17) is 4.52 Å². The van der Waals surface area contributed by atoms with Gasteiger partial charge in [-0.25, -0.2) is 12.7 Å². The van der Waals surface area contributed by atoms with Crippen molar-refractivity contribution in [3.8, 4) is 0 Å². The van der Waals surface area contributed by atoms with Crippen molar-refractivity contribution in [1.82, 2.24) is 5.16 Å². The molecule has 3 rings (SSSR count). The number of nitrogens with zero attached hydrogens (tertiary/aromatic N) is 3. The number of hydrogen-bond acceptors (Lipinski definition) is 5. The summed E-state index contributed by atoms with van der Waals surface area (Å²) in [5, 5.41) is 3.75. The van der Waals surface area contributed by atoms with Gasteiger partial charge >= 0.3 is 0 Å². The van der Waals surface area contributed by atoms with Crippen LogP contribution in [0.1, 0.15) is 11.3 Å². The number of carbonyl (C=O) groups excluding carboxylic acids is 1. The number of sulfonamides is 1. The maximum Gasteiger partial charge on any atom is 0.248 e. The summed E-state index contributed by atoms with van der Waals surface area (Å²) in [4.78, 5) is 14.7. The number of carbonyl (C=O) groups is 1. The van der Waals surface area contributed by atoms with Gasteiger partial charge in [0.05, 0.1) is 12.8 Å². The Bertz CT molecular complexity index is 1030. The van der Waals surface area contributed by atoms with Crippen LogP contribution in [0.2, 0.25) is 0 Å². The molecule has 0 N–H and O–H groups in total. The first-order valence-electron chi connectivity index (χ1n) is 8.65. The van der Waals surface area contributed by atoms with E-state index in [1.807, 2.05) is 60.7 Å². The first-order valence-corrected chi connectivity index (χ1v) is 10.5. The predicted octanol–water partition coefficient (Wildman–Crippen LogP) is 2.98. The lowest BCUT2D eigenvalue weighted by atomic mass is 10.2. The van der Waals surface area contributed by atoms with Gasteiger partial charge in [0.15, 0.2) is 5.82 Å². The Labute approximate surface area is 164 Å². The molecule has 1 heterocycles. The topological polar surface area (TPSA) is 83.7 Å². The van der Waals surface area contributed by atoms with Gasteiger partial charge in [0.2, 0.25) is 15.9 Å². The minimum absolute atomic E-state index is 0.0843. The van der Waals surface area contributed by atoms with E-state index in [1.165, 1.54) is 6.07 Å². The smallest absolute Gasteiger partial charge is 0.248 e. The highest BCUT2D eigenvalue weighted by atomic mass is 32.2. The summed E-state index contributed by atoms with van der Waals surface area (Å²) in [5.74, 6) is 0.169. The molecule has 28 heavy (non-hydrogen) atoms. The van der Waals surface area contributed by atoms with Crippen molar-refractivity contribution in [2.45, 2.75) is 13.5 Å². The Balaban J connectivity index is 1.91. The highest BCUT2D eigenvalue weighted by Crippen LogP contribution is 2.21. The van der Waals surface area contributed by atoms with Crippen LogP contribution in [0, 0.1) is 6.92 Å². The Morgan fingerprint density at radius 2 is 1.64 bits per heavy atom. The number of aryl methyl sites for hydroxylation is 1. The fraction of sp³-hybridized carbons (Fsp3) is 0.200. The Morgan fingerprint density at radius 3 is 2.18 bits per heavy atom. The molecular formula is C20H21N3O4S. The predicted molar refractivity (Wildman–Crippen MR) is 108 cm³/mol. The normalized spacial score (nSPS) is 11.2. The molecule has 1 amide bonds. The summed E-state index contributed by atoms with van der Waals surface area (Å²) in [7, 11) is -3.72. The standard InChI is InChI=1S/C20H21N3O4S/c1-16-13-19(21-27-16)23(28(2,25)26)15-20(24)22(18-11-7-4-8-12-18)14-17-9-5-3-6-10-17/h3-13H,14-15H2,1-2H3. The number of amides is 1. The van der Waals surface area contributed by atoms with Gasteiger partial charge < -0.3 is 9.42 Å². The van der Waals surface area contributed by atoms with Crippen molar-refractivity contribution in [2.75, 3.05) is 22.0 Å². The molecule has 146 valence electrons. The van der Waals surface area contributed by atoms with E-state index in [2.05, 4.69) is 5.16 Å². The number of para-hydroxylation sites is 1. The fourth-order valence-electron chi connectivity index (χ4n) is 2.74. The summed E-state index contributed by atoms with van der Waals surface area (Å²) in [6, 6.07) is 20.1. The van der Waals surface area contributed by atoms with Crippen LogP contribution in [0.25, 0.3) is 0 Å². The van der Waals surface area contributed by atoms with Crippen LogP contribution < -0.4 is 9.21 Å². The summed E-state index contributed by atoms with van der Waals surface area (Å²) >= 11 is 0. The zero-order valence-electron chi connectivity index (χ0n) is 15.6. The minimum Gasteiger partial charge on any atom is -0.360 e. The van der Waals surface area contributed by atoms with Crippen molar-refractivity contribution >= 4 is 27.4 Å². The largest absolute Gasteiger partial charge is 0.360 e. The monoisotopic (exact) mass is 399 g/mol. The van der Waals surface area contributed by atoms with Gasteiger partial charge in [-0.1, -0.05) is 53.7 Å². The Hall–Kier alpha value is -3.13. The fourth-order valence-corrected chi connectivity index (χ4v) is 3.52. The molecule has 7 nitrogen and oxygen atoms in total. The van der Waals surface area contributed by atoms with E-state index in [-0.39, 0.29) is 18.3 Å². The number of aromatic nitrogens is 1. The zero-order chi connectivity index (χ0) is 20.1. The molecule has 0 bridgehead atoms. The molecule has 2 aromatic carbocycles. The molecule has 0 spiro atoms. The summed E-state index contributed by atoms with van der Waals surface area (Å²) in [6.07, 6.45) is 1.04. The van der Waals surface area contributed by atoms with Crippen LogP contribution in [-0.4, -0.2) is 32.3 Å². The van der Waals surface area contributed by atoms with Gasteiger partial charge in [-0.2, -0.15) is 0 Å². The third kappa shape index (κ3) is 4.77. The van der Waals surface area contributed by atoms with Gasteiger partial charge in [0.1, 0.15) is 12.3 Å². The van der Waals surface area contributed by atoms with E-state index in [9.17, 15) is 13.2 Å². The van der Waals surface area contributed by atoms with E-state index < -0.39 is 10.0 Å². The third-order valence-corrected chi connectivity index (χ3v) is 5.22. The molecule has 0 fully saturated rings. The molecule has 0 aliphatic heterocycles. The molecule has 0 saturated carbocycles. The number of anilines is 2. The second-order valence-corrected chi connectivity index (χ2v) is 8.27. The van der Waals surface area contributed by atoms with Crippen LogP contribution in [0.4, 0.5) is 11.5 Å². The highest BCUT2D eigenvalue weighted by Gasteiger charge is 2.27. The second kappa shape index (κ2) is 8.26. The van der Waals surface area contributed by atoms with Crippen LogP contribution >= 0.6 is 0 Å². The van der Waals surface area contributed by atoms with E-state index in [1.54, 1.807) is 11.8 Å². The Morgan fingerprint density at radius 1 is 1.04 bits per heavy atom. The number of hydrogen-bond donors (Lipinski definition) is 0. The van der Waals surface area contributed by atoms with Crippen LogP contribution in [0.5, 0.6) is 0 Å². The molecule has 0 unspecified atom stereocenters. The molecule has 3 aromatic rings. The maximum atomic E-state index is 13.1. The summed E-state index contributed by atoms with van der Waals surface area (Å²) in [5.41, 5.74) is 1.61. The highest BCUT2D eigenvalue weighted by molar-refractivity contribution is 7.92. The molecule has 0 saturated heterocycles. The average Bonchev–Trinajstić information content (AvgIpc) is 3.10. The molecule has 0 atom stereocenters. The van der Waals surface area contributed by atoms with Gasteiger partial charge in [0.25, 0.3) is 0 Å². The first-order chi connectivity index (χ1) is 13.3. The maximum absolute atomic E-state index is 13.1. The third-order valence-electron chi connectivity index (χ3n) is 4.10. The van der Waals surface area contributed by atoms with Crippen molar-refractivity contribution in [3.05, 3.63) is 78.1 Å². The quantitative estimate of drug-likeness (QED) is 0.610. The first kappa shape index (κ1) is 19.6.